The summed E-state index contributed by atoms with van der Waals surface area (Å²) >= 11 is 0. The number of hydrogen-bond donors (Lipinski definition) is 4. The molecule has 6 atom stereocenters. The molecule has 9 heteroatoms. The lowest BCUT2D eigenvalue weighted by molar-refractivity contribution is -0.305. The first kappa shape index (κ1) is 58.6. The van der Waals surface area contributed by atoms with Crippen molar-refractivity contribution < 1.29 is 44.2 Å². The second-order valence-electron chi connectivity index (χ2n) is 16.1. The standard InChI is InChI=1S/C55H88O9/c1-3-5-7-9-11-13-15-17-19-21-22-23-24-25-26-27-29-31-33-35-37-39-41-43-45-61-47-49(48-62-55-54(60)53(59)52(58)50(46-56)64-55)63-51(57)44-42-40-38-36-34-32-30-28-20-18-16-14-12-10-8-6-4-2/h5-8,11-14,17-20,22-23,25-26,29-32,49-50,52-56,58-60H,3-4,9-10,15-16,21,24,27-28,33-48H2,1-2H3/b7-5-,8-6-,13-11-,14-12-,19-17-,20-18-,23-22-,26-25-,31-29-,32-30-. The summed E-state index contributed by atoms with van der Waals surface area (Å²) in [5, 5.41) is 40.2. The maximum Gasteiger partial charge on any atom is 0.306 e. The number of unbranched alkanes of at least 4 members (excludes halogenated alkanes) is 9. The van der Waals surface area contributed by atoms with Gasteiger partial charge in [-0.3, -0.25) is 4.79 Å². The van der Waals surface area contributed by atoms with Crippen LogP contribution in [0.1, 0.15) is 155 Å². The van der Waals surface area contributed by atoms with Crippen molar-refractivity contribution >= 4 is 5.97 Å². The van der Waals surface area contributed by atoms with Crippen LogP contribution in [0.15, 0.2) is 122 Å². The summed E-state index contributed by atoms with van der Waals surface area (Å²) in [6.45, 7) is 4.22. The first-order chi connectivity index (χ1) is 31.4. The van der Waals surface area contributed by atoms with E-state index in [1.807, 2.05) is 0 Å². The number of esters is 1. The molecule has 0 amide bonds. The Morgan fingerprint density at radius 1 is 0.500 bits per heavy atom. The highest BCUT2D eigenvalue weighted by Gasteiger charge is 2.44. The zero-order chi connectivity index (χ0) is 46.4. The molecule has 0 aliphatic carbocycles. The quantitative estimate of drug-likeness (QED) is 0.0269. The Kier molecular flexibility index (Phi) is 41.0. The summed E-state index contributed by atoms with van der Waals surface area (Å²) in [4.78, 5) is 12.8. The molecule has 1 fully saturated rings. The summed E-state index contributed by atoms with van der Waals surface area (Å²) in [5.74, 6) is -0.350. The van der Waals surface area contributed by atoms with Gasteiger partial charge in [-0.15, -0.1) is 0 Å². The lowest BCUT2D eigenvalue weighted by atomic mass is 9.99. The zero-order valence-electron chi connectivity index (χ0n) is 39.7. The molecule has 1 heterocycles. The summed E-state index contributed by atoms with van der Waals surface area (Å²) in [6, 6.07) is 0. The van der Waals surface area contributed by atoms with Gasteiger partial charge in [0.2, 0.25) is 0 Å². The predicted molar refractivity (Wildman–Crippen MR) is 265 cm³/mol. The van der Waals surface area contributed by atoms with Crippen LogP contribution in [0.4, 0.5) is 0 Å². The van der Waals surface area contributed by atoms with E-state index in [2.05, 4.69) is 135 Å². The SMILES string of the molecule is CC/C=C\C/C=C\C/C=C\C/C=C\C/C=C\C/C=C\CCCCCCCOCC(COC1OC(CO)C(O)C(O)C1O)OC(=O)CCCCCC/C=C\C/C=C\C/C=C\C/C=C\CC. The van der Waals surface area contributed by atoms with E-state index >= 15 is 0 Å². The molecule has 0 spiro atoms. The number of aliphatic hydroxyl groups is 4. The van der Waals surface area contributed by atoms with Gasteiger partial charge < -0.3 is 39.4 Å². The van der Waals surface area contributed by atoms with Crippen LogP contribution in [0.25, 0.3) is 0 Å². The number of rotatable bonds is 40. The van der Waals surface area contributed by atoms with Crippen LogP contribution in [0, 0.1) is 0 Å². The molecule has 0 radical (unpaired) electrons. The highest BCUT2D eigenvalue weighted by Crippen LogP contribution is 2.22. The molecule has 6 unspecified atom stereocenters. The topological polar surface area (TPSA) is 135 Å². The van der Waals surface area contributed by atoms with Crippen molar-refractivity contribution in [3.63, 3.8) is 0 Å². The van der Waals surface area contributed by atoms with Crippen molar-refractivity contribution in [2.75, 3.05) is 26.4 Å². The Bertz CT molecular complexity index is 1390. The molecule has 1 saturated heterocycles. The second kappa shape index (κ2) is 44.8. The van der Waals surface area contributed by atoms with Crippen molar-refractivity contribution in [2.24, 2.45) is 0 Å². The molecule has 1 aliphatic rings. The highest BCUT2D eigenvalue weighted by atomic mass is 16.7. The van der Waals surface area contributed by atoms with E-state index in [-0.39, 0.29) is 25.6 Å². The van der Waals surface area contributed by atoms with Crippen LogP contribution in [0.5, 0.6) is 0 Å². The molecule has 1 rings (SSSR count). The first-order valence-corrected chi connectivity index (χ1v) is 24.6. The van der Waals surface area contributed by atoms with Crippen LogP contribution in [-0.2, 0) is 23.7 Å². The first-order valence-electron chi connectivity index (χ1n) is 24.6. The van der Waals surface area contributed by atoms with E-state index in [9.17, 15) is 25.2 Å². The van der Waals surface area contributed by atoms with E-state index in [0.29, 0.717) is 13.0 Å². The molecule has 0 aromatic rings. The molecule has 0 saturated carbocycles. The lowest BCUT2D eigenvalue weighted by Crippen LogP contribution is -2.59. The average Bonchev–Trinajstić information content (AvgIpc) is 3.30. The number of ether oxygens (including phenoxy) is 4. The van der Waals surface area contributed by atoms with Crippen LogP contribution in [0.2, 0.25) is 0 Å². The van der Waals surface area contributed by atoms with Gasteiger partial charge in [0, 0.05) is 13.0 Å². The summed E-state index contributed by atoms with van der Waals surface area (Å²) < 4.78 is 22.8. The van der Waals surface area contributed by atoms with Crippen LogP contribution in [0.3, 0.4) is 0 Å². The molecule has 0 bridgehead atoms. The van der Waals surface area contributed by atoms with Gasteiger partial charge in [-0.1, -0.05) is 167 Å². The fourth-order valence-corrected chi connectivity index (χ4v) is 6.60. The number of allylic oxidation sites excluding steroid dienone is 20. The van der Waals surface area contributed by atoms with Gasteiger partial charge in [-0.25, -0.2) is 0 Å². The van der Waals surface area contributed by atoms with E-state index in [0.717, 1.165) is 128 Å². The Balaban J connectivity index is 2.28. The van der Waals surface area contributed by atoms with E-state index in [4.69, 9.17) is 18.9 Å². The third-order valence-corrected chi connectivity index (χ3v) is 10.4. The molecular weight excluding hydrogens is 805 g/mol. The molecule has 362 valence electrons. The fourth-order valence-electron chi connectivity index (χ4n) is 6.60. The molecule has 0 aromatic carbocycles. The van der Waals surface area contributed by atoms with Gasteiger partial charge >= 0.3 is 5.97 Å². The van der Waals surface area contributed by atoms with Crippen molar-refractivity contribution in [2.45, 2.75) is 192 Å². The summed E-state index contributed by atoms with van der Waals surface area (Å²) in [5.41, 5.74) is 0. The van der Waals surface area contributed by atoms with E-state index < -0.39 is 43.4 Å². The largest absolute Gasteiger partial charge is 0.457 e. The Morgan fingerprint density at radius 2 is 0.906 bits per heavy atom. The monoisotopic (exact) mass is 893 g/mol. The van der Waals surface area contributed by atoms with E-state index in [1.165, 1.54) is 0 Å². The van der Waals surface area contributed by atoms with Crippen molar-refractivity contribution in [1.82, 2.24) is 0 Å². The minimum absolute atomic E-state index is 0.112. The average molecular weight is 893 g/mol. The number of aliphatic hydroxyl groups excluding tert-OH is 4. The smallest absolute Gasteiger partial charge is 0.306 e. The molecule has 4 N–H and O–H groups in total. The van der Waals surface area contributed by atoms with Crippen LogP contribution in [-0.4, -0.2) is 89.6 Å². The van der Waals surface area contributed by atoms with E-state index in [1.54, 1.807) is 0 Å². The van der Waals surface area contributed by atoms with Crippen LogP contribution < -0.4 is 0 Å². The number of carbonyl (C=O) groups excluding carboxylic acids is 1. The van der Waals surface area contributed by atoms with Gasteiger partial charge in [0.1, 0.15) is 30.5 Å². The number of hydrogen-bond acceptors (Lipinski definition) is 9. The maximum absolute atomic E-state index is 12.8. The summed E-state index contributed by atoms with van der Waals surface area (Å²) in [6.07, 6.45) is 58.0. The minimum atomic E-state index is -1.55. The fraction of sp³-hybridized carbons (Fsp3) is 0.618. The normalized spacial score (nSPS) is 20.6. The molecular formula is C55H88O9. The predicted octanol–water partition coefficient (Wildman–Crippen LogP) is 11.9. The van der Waals surface area contributed by atoms with Gasteiger partial charge in [0.05, 0.1) is 19.8 Å². The number of carbonyl (C=O) groups is 1. The third-order valence-electron chi connectivity index (χ3n) is 10.4. The molecule has 64 heavy (non-hydrogen) atoms. The van der Waals surface area contributed by atoms with Gasteiger partial charge in [-0.05, 0) is 103 Å². The zero-order valence-corrected chi connectivity index (χ0v) is 39.7. The Morgan fingerprint density at radius 3 is 1.36 bits per heavy atom. The van der Waals surface area contributed by atoms with Crippen molar-refractivity contribution in [3.05, 3.63) is 122 Å². The third kappa shape index (κ3) is 34.9. The van der Waals surface area contributed by atoms with Gasteiger partial charge in [-0.2, -0.15) is 0 Å². The van der Waals surface area contributed by atoms with Gasteiger partial charge in [0.15, 0.2) is 6.29 Å². The molecule has 9 nitrogen and oxygen atoms in total. The Hall–Kier alpha value is -3.41. The maximum atomic E-state index is 12.8. The van der Waals surface area contributed by atoms with Crippen molar-refractivity contribution in [1.29, 1.82) is 0 Å². The van der Waals surface area contributed by atoms with Crippen molar-refractivity contribution in [3.8, 4) is 0 Å². The van der Waals surface area contributed by atoms with Gasteiger partial charge in [0.25, 0.3) is 0 Å². The lowest BCUT2D eigenvalue weighted by Gasteiger charge is -2.39. The molecule has 1 aliphatic heterocycles. The summed E-state index contributed by atoms with van der Waals surface area (Å²) in [7, 11) is 0. The Labute approximate surface area is 388 Å². The second-order valence-corrected chi connectivity index (χ2v) is 16.1. The van der Waals surface area contributed by atoms with Crippen LogP contribution >= 0.6 is 0 Å². The highest BCUT2D eigenvalue weighted by molar-refractivity contribution is 5.69. The molecule has 0 aromatic heterocycles. The minimum Gasteiger partial charge on any atom is -0.457 e.